The first kappa shape index (κ1) is 13.2. The molecule has 1 heterocycles. The van der Waals surface area contributed by atoms with Crippen molar-refractivity contribution >= 4 is 5.69 Å². The number of benzene rings is 1. The van der Waals surface area contributed by atoms with Crippen LogP contribution < -0.4 is 15.4 Å². The topological polar surface area (TPSA) is 47.7 Å². The summed E-state index contributed by atoms with van der Waals surface area (Å²) >= 11 is 0. The van der Waals surface area contributed by atoms with Crippen LogP contribution in [0.15, 0.2) is 18.2 Å². The minimum absolute atomic E-state index is 0.217. The molecule has 1 aliphatic rings. The minimum Gasteiger partial charge on any atom is -0.487 e. The summed E-state index contributed by atoms with van der Waals surface area (Å²) in [5.41, 5.74) is 7.83. The molecule has 0 bridgehead atoms. The van der Waals surface area contributed by atoms with Crippen molar-refractivity contribution in [2.45, 2.75) is 20.0 Å². The van der Waals surface area contributed by atoms with Gasteiger partial charge >= 0.3 is 0 Å². The molecule has 0 spiro atoms. The third kappa shape index (κ3) is 3.15. The number of rotatable bonds is 5. The second-order valence-electron chi connectivity index (χ2n) is 4.75. The monoisotopic (exact) mass is 250 g/mol. The fourth-order valence-electron chi connectivity index (χ4n) is 2.21. The van der Waals surface area contributed by atoms with Gasteiger partial charge in [0.25, 0.3) is 0 Å². The van der Waals surface area contributed by atoms with Gasteiger partial charge in [-0.1, -0.05) is 6.07 Å². The molecule has 4 heteroatoms. The lowest BCUT2D eigenvalue weighted by molar-refractivity contribution is 0.142. The second kappa shape index (κ2) is 6.07. The molecule has 2 rings (SSSR count). The van der Waals surface area contributed by atoms with E-state index in [1.165, 1.54) is 11.3 Å². The summed E-state index contributed by atoms with van der Waals surface area (Å²) in [6, 6.07) is 6.30. The summed E-state index contributed by atoms with van der Waals surface area (Å²) in [5.74, 6) is 0.971. The highest BCUT2D eigenvalue weighted by Gasteiger charge is 2.22. The van der Waals surface area contributed by atoms with Gasteiger partial charge in [-0.05, 0) is 31.5 Å². The molecule has 1 aliphatic heterocycles. The van der Waals surface area contributed by atoms with Crippen molar-refractivity contribution < 1.29 is 9.47 Å². The maximum atomic E-state index is 5.84. The van der Waals surface area contributed by atoms with Gasteiger partial charge in [0, 0.05) is 13.1 Å². The molecule has 18 heavy (non-hydrogen) atoms. The Labute approximate surface area is 109 Å². The molecule has 1 unspecified atom stereocenters. The van der Waals surface area contributed by atoms with Crippen molar-refractivity contribution in [2.75, 3.05) is 37.7 Å². The van der Waals surface area contributed by atoms with Gasteiger partial charge in [0.15, 0.2) is 0 Å². The van der Waals surface area contributed by atoms with Crippen LogP contribution in [0.4, 0.5) is 5.69 Å². The minimum atomic E-state index is 0.217. The molecule has 0 aromatic heterocycles. The van der Waals surface area contributed by atoms with Crippen molar-refractivity contribution in [3.05, 3.63) is 23.8 Å². The number of anilines is 1. The van der Waals surface area contributed by atoms with Crippen molar-refractivity contribution in [1.29, 1.82) is 0 Å². The Morgan fingerprint density at radius 2 is 2.28 bits per heavy atom. The number of hydrogen-bond acceptors (Lipinski definition) is 4. The quantitative estimate of drug-likeness (QED) is 0.806. The first-order valence-electron chi connectivity index (χ1n) is 6.51. The van der Waals surface area contributed by atoms with Crippen LogP contribution in [0.1, 0.15) is 12.5 Å². The van der Waals surface area contributed by atoms with Gasteiger partial charge in [-0.25, -0.2) is 0 Å². The van der Waals surface area contributed by atoms with E-state index >= 15 is 0 Å². The molecule has 1 atom stereocenters. The Morgan fingerprint density at radius 1 is 1.44 bits per heavy atom. The van der Waals surface area contributed by atoms with E-state index in [1.807, 2.05) is 6.07 Å². The largest absolute Gasteiger partial charge is 0.487 e. The molecule has 0 saturated carbocycles. The fourth-order valence-corrected chi connectivity index (χ4v) is 2.21. The summed E-state index contributed by atoms with van der Waals surface area (Å²) in [4.78, 5) is 2.33. The summed E-state index contributed by atoms with van der Waals surface area (Å²) in [5, 5.41) is 0. The van der Waals surface area contributed by atoms with Crippen molar-refractivity contribution in [3.8, 4) is 5.75 Å². The molecular formula is C14H22N2O2. The number of ether oxygens (including phenoxy) is 2. The summed E-state index contributed by atoms with van der Waals surface area (Å²) < 4.78 is 11.3. The third-order valence-corrected chi connectivity index (χ3v) is 3.03. The molecule has 0 radical (unpaired) electrons. The second-order valence-corrected chi connectivity index (χ2v) is 4.75. The molecule has 0 aliphatic carbocycles. The number of fused-ring (bicyclic) bond motifs is 1. The van der Waals surface area contributed by atoms with E-state index in [9.17, 15) is 0 Å². The maximum absolute atomic E-state index is 5.84. The molecule has 1 aromatic rings. The number of nitrogens with zero attached hydrogens (tertiary/aromatic N) is 1. The lowest BCUT2D eigenvalue weighted by atomic mass is 10.1. The van der Waals surface area contributed by atoms with Gasteiger partial charge < -0.3 is 20.1 Å². The highest BCUT2D eigenvalue weighted by Crippen LogP contribution is 2.33. The molecule has 1 aromatic carbocycles. The molecule has 0 saturated heterocycles. The van der Waals surface area contributed by atoms with Gasteiger partial charge in [0.1, 0.15) is 11.9 Å². The van der Waals surface area contributed by atoms with E-state index in [4.69, 9.17) is 15.2 Å². The third-order valence-electron chi connectivity index (χ3n) is 3.03. The van der Waals surface area contributed by atoms with E-state index in [2.05, 4.69) is 30.9 Å². The van der Waals surface area contributed by atoms with Gasteiger partial charge in [-0.2, -0.15) is 0 Å². The van der Waals surface area contributed by atoms with Gasteiger partial charge in [-0.3, -0.25) is 0 Å². The van der Waals surface area contributed by atoms with Gasteiger partial charge in [0.05, 0.1) is 25.4 Å². The van der Waals surface area contributed by atoms with Crippen LogP contribution in [0, 0.1) is 6.92 Å². The normalized spacial score (nSPS) is 18.4. The molecule has 2 N–H and O–H groups in total. The Balaban J connectivity index is 2.04. The highest BCUT2D eigenvalue weighted by atomic mass is 16.5. The Morgan fingerprint density at radius 3 is 3.06 bits per heavy atom. The molecule has 0 fully saturated rings. The van der Waals surface area contributed by atoms with E-state index in [0.717, 1.165) is 18.8 Å². The van der Waals surface area contributed by atoms with Crippen LogP contribution in [0.25, 0.3) is 0 Å². The zero-order chi connectivity index (χ0) is 13.0. The summed E-state index contributed by atoms with van der Waals surface area (Å²) in [6.45, 7) is 7.89. The zero-order valence-corrected chi connectivity index (χ0v) is 11.2. The standard InChI is InChI=1S/C14H22N2O2/c1-11-3-4-14-13(9-11)16(10-12(2)18-14)6-8-17-7-5-15/h3-4,9,12H,5-8,10,15H2,1-2H3. The highest BCUT2D eigenvalue weighted by molar-refractivity contribution is 5.61. The summed E-state index contributed by atoms with van der Waals surface area (Å²) in [7, 11) is 0. The van der Waals surface area contributed by atoms with E-state index in [-0.39, 0.29) is 6.10 Å². The van der Waals surface area contributed by atoms with Crippen LogP contribution in [-0.2, 0) is 4.74 Å². The number of hydrogen-bond donors (Lipinski definition) is 1. The Hall–Kier alpha value is -1.26. The van der Waals surface area contributed by atoms with Crippen LogP contribution >= 0.6 is 0 Å². The maximum Gasteiger partial charge on any atom is 0.143 e. The smallest absolute Gasteiger partial charge is 0.143 e. The first-order valence-corrected chi connectivity index (χ1v) is 6.51. The average molecular weight is 250 g/mol. The van der Waals surface area contributed by atoms with Crippen LogP contribution in [0.3, 0.4) is 0 Å². The van der Waals surface area contributed by atoms with Gasteiger partial charge in [-0.15, -0.1) is 0 Å². The molecule has 0 amide bonds. The van der Waals surface area contributed by atoms with E-state index in [0.29, 0.717) is 19.8 Å². The Bertz CT molecular complexity index is 395. The molecule has 100 valence electrons. The SMILES string of the molecule is Cc1ccc2c(c1)N(CCOCCN)CC(C)O2. The number of aryl methyl sites for hydroxylation is 1. The van der Waals surface area contributed by atoms with Crippen LogP contribution in [0.2, 0.25) is 0 Å². The first-order chi connectivity index (χ1) is 8.70. The summed E-state index contributed by atoms with van der Waals surface area (Å²) in [6.07, 6.45) is 0.217. The van der Waals surface area contributed by atoms with Gasteiger partial charge in [0.2, 0.25) is 0 Å². The zero-order valence-electron chi connectivity index (χ0n) is 11.2. The number of nitrogens with two attached hydrogens (primary N) is 1. The molecular weight excluding hydrogens is 228 g/mol. The Kier molecular flexibility index (Phi) is 4.44. The fraction of sp³-hybridized carbons (Fsp3) is 0.571. The van der Waals surface area contributed by atoms with Crippen molar-refractivity contribution in [2.24, 2.45) is 5.73 Å². The van der Waals surface area contributed by atoms with E-state index < -0.39 is 0 Å². The molecule has 4 nitrogen and oxygen atoms in total. The van der Waals surface area contributed by atoms with Crippen molar-refractivity contribution in [3.63, 3.8) is 0 Å². The van der Waals surface area contributed by atoms with E-state index in [1.54, 1.807) is 0 Å². The lowest BCUT2D eigenvalue weighted by Gasteiger charge is -2.35. The lowest BCUT2D eigenvalue weighted by Crippen LogP contribution is -2.40. The van der Waals surface area contributed by atoms with Crippen LogP contribution in [-0.4, -0.2) is 39.0 Å². The average Bonchev–Trinajstić information content (AvgIpc) is 2.35. The predicted molar refractivity (Wildman–Crippen MR) is 73.4 cm³/mol. The predicted octanol–water partition coefficient (Wildman–Crippen LogP) is 1.56. The van der Waals surface area contributed by atoms with Crippen LogP contribution in [0.5, 0.6) is 5.75 Å². The van der Waals surface area contributed by atoms with Crippen molar-refractivity contribution in [1.82, 2.24) is 0 Å².